The van der Waals surface area contributed by atoms with Crippen LogP contribution in [0, 0.1) is 11.7 Å². The van der Waals surface area contributed by atoms with Crippen molar-refractivity contribution in [1.29, 1.82) is 0 Å². The molecule has 1 amide bonds. The highest BCUT2D eigenvalue weighted by molar-refractivity contribution is 6.31. The zero-order valence-corrected chi connectivity index (χ0v) is 25.8. The lowest BCUT2D eigenvalue weighted by Crippen LogP contribution is -2.44. The van der Waals surface area contributed by atoms with Crippen molar-refractivity contribution in [2.45, 2.75) is 32.6 Å². The Bertz CT molecular complexity index is 1600. The van der Waals surface area contributed by atoms with Crippen LogP contribution in [0.2, 0.25) is 5.02 Å². The molecule has 0 fully saturated rings. The number of nitrogens with one attached hydrogen (secondary N) is 1. The van der Waals surface area contributed by atoms with E-state index in [-0.39, 0.29) is 29.4 Å². The molecule has 4 aromatic rings. The first-order valence-corrected chi connectivity index (χ1v) is 14.6. The molecule has 0 radical (unpaired) electrons. The van der Waals surface area contributed by atoms with Crippen LogP contribution in [0.5, 0.6) is 11.5 Å². The standard InChI is InChI=1S/C35H33ClFNO7/c1-22(2)32(45-35(41)24-12-8-5-9-13-24)33(39)38-31(21-44-34(40)23-10-6-4-7-11-23)28-18-25(37)19-30(36)29(28)20-43-27-16-14-26(42-3)15-17-27/h4-19,22,31-32H,20-21H2,1-3H3,(H,38,39). The highest BCUT2D eigenvalue weighted by Gasteiger charge is 2.31. The van der Waals surface area contributed by atoms with Gasteiger partial charge in [-0.25, -0.2) is 14.0 Å². The van der Waals surface area contributed by atoms with E-state index in [2.05, 4.69) is 5.32 Å². The normalized spacial score (nSPS) is 12.1. The van der Waals surface area contributed by atoms with Crippen LogP contribution in [0.1, 0.15) is 51.7 Å². The Morgan fingerprint density at radius 2 is 1.40 bits per heavy atom. The maximum absolute atomic E-state index is 14.8. The van der Waals surface area contributed by atoms with Gasteiger partial charge in [-0.1, -0.05) is 61.8 Å². The SMILES string of the molecule is COc1ccc(OCc2c(Cl)cc(F)cc2C(COC(=O)c2ccccc2)NC(=O)C(OC(=O)c2ccccc2)C(C)C)cc1. The molecule has 0 aliphatic heterocycles. The van der Waals surface area contributed by atoms with Crippen LogP contribution in [-0.2, 0) is 20.9 Å². The number of carbonyl (C=O) groups excluding carboxylic acids is 3. The summed E-state index contributed by atoms with van der Waals surface area (Å²) < 4.78 is 37.1. The van der Waals surface area contributed by atoms with Crippen LogP contribution in [0.25, 0.3) is 0 Å². The Balaban J connectivity index is 1.63. The van der Waals surface area contributed by atoms with E-state index in [0.717, 1.165) is 6.07 Å². The van der Waals surface area contributed by atoms with Crippen molar-refractivity contribution in [2.24, 2.45) is 5.92 Å². The molecule has 10 heteroatoms. The minimum Gasteiger partial charge on any atom is -0.497 e. The second-order valence-electron chi connectivity index (χ2n) is 10.4. The van der Waals surface area contributed by atoms with E-state index in [1.165, 1.54) is 6.07 Å². The molecule has 8 nitrogen and oxygen atoms in total. The van der Waals surface area contributed by atoms with Crippen LogP contribution in [-0.4, -0.2) is 37.7 Å². The van der Waals surface area contributed by atoms with Gasteiger partial charge >= 0.3 is 11.9 Å². The van der Waals surface area contributed by atoms with E-state index in [9.17, 15) is 18.8 Å². The summed E-state index contributed by atoms with van der Waals surface area (Å²) in [5.41, 5.74) is 1.15. The van der Waals surface area contributed by atoms with E-state index >= 15 is 0 Å². The molecule has 0 heterocycles. The van der Waals surface area contributed by atoms with Gasteiger partial charge in [0.15, 0.2) is 6.10 Å². The van der Waals surface area contributed by atoms with Crippen molar-refractivity contribution >= 4 is 29.4 Å². The molecule has 4 aromatic carbocycles. The molecule has 234 valence electrons. The zero-order chi connectivity index (χ0) is 32.3. The van der Waals surface area contributed by atoms with Crippen molar-refractivity contribution in [1.82, 2.24) is 5.32 Å². The number of esters is 2. The highest BCUT2D eigenvalue weighted by Crippen LogP contribution is 2.30. The lowest BCUT2D eigenvalue weighted by atomic mass is 9.99. The number of benzene rings is 4. The molecule has 0 aliphatic rings. The largest absolute Gasteiger partial charge is 0.497 e. The summed E-state index contributed by atoms with van der Waals surface area (Å²) in [4.78, 5) is 39.4. The number of halogens is 2. The number of hydrogen-bond donors (Lipinski definition) is 1. The lowest BCUT2D eigenvalue weighted by Gasteiger charge is -2.27. The summed E-state index contributed by atoms with van der Waals surface area (Å²) in [7, 11) is 1.55. The van der Waals surface area contributed by atoms with Gasteiger partial charge in [0.25, 0.3) is 5.91 Å². The molecular formula is C35H33ClFNO7. The van der Waals surface area contributed by atoms with Crippen LogP contribution in [0.4, 0.5) is 4.39 Å². The molecule has 0 aliphatic carbocycles. The van der Waals surface area contributed by atoms with Gasteiger partial charge < -0.3 is 24.3 Å². The molecule has 0 spiro atoms. The Morgan fingerprint density at radius 3 is 1.98 bits per heavy atom. The van der Waals surface area contributed by atoms with E-state index in [1.807, 2.05) is 0 Å². The lowest BCUT2D eigenvalue weighted by molar-refractivity contribution is -0.133. The molecule has 0 saturated heterocycles. The molecule has 4 rings (SSSR count). The van der Waals surface area contributed by atoms with E-state index in [1.54, 1.807) is 106 Å². The molecule has 2 unspecified atom stereocenters. The zero-order valence-electron chi connectivity index (χ0n) is 25.0. The predicted molar refractivity (Wildman–Crippen MR) is 167 cm³/mol. The summed E-state index contributed by atoms with van der Waals surface area (Å²) in [6.07, 6.45) is -1.21. The molecule has 1 N–H and O–H groups in total. The number of hydrogen-bond acceptors (Lipinski definition) is 7. The Hall–Kier alpha value is -4.89. The minimum absolute atomic E-state index is 0.0445. The maximum Gasteiger partial charge on any atom is 0.338 e. The Morgan fingerprint density at radius 1 is 0.822 bits per heavy atom. The first kappa shape index (κ1) is 33.0. The van der Waals surface area contributed by atoms with Gasteiger partial charge in [0.2, 0.25) is 0 Å². The van der Waals surface area contributed by atoms with Gasteiger partial charge in [-0.05, 0) is 72.1 Å². The van der Waals surface area contributed by atoms with E-state index < -0.39 is 41.7 Å². The van der Waals surface area contributed by atoms with Gasteiger partial charge in [-0.3, -0.25) is 4.79 Å². The average Bonchev–Trinajstić information content (AvgIpc) is 3.05. The second kappa shape index (κ2) is 15.7. The van der Waals surface area contributed by atoms with Crippen molar-refractivity contribution in [3.8, 4) is 11.5 Å². The minimum atomic E-state index is -1.21. The first-order valence-electron chi connectivity index (χ1n) is 14.2. The predicted octanol–water partition coefficient (Wildman–Crippen LogP) is 6.96. The van der Waals surface area contributed by atoms with Crippen molar-refractivity contribution in [3.63, 3.8) is 0 Å². The molecule has 45 heavy (non-hydrogen) atoms. The summed E-state index contributed by atoms with van der Waals surface area (Å²) in [5.74, 6) is -1.98. The third-order valence-electron chi connectivity index (χ3n) is 6.83. The summed E-state index contributed by atoms with van der Waals surface area (Å²) in [6, 6.07) is 24.6. The quantitative estimate of drug-likeness (QED) is 0.159. The Labute approximate surface area is 266 Å². The van der Waals surface area contributed by atoms with Crippen molar-refractivity contribution < 1.29 is 37.7 Å². The van der Waals surface area contributed by atoms with Gasteiger partial charge in [-0.15, -0.1) is 0 Å². The monoisotopic (exact) mass is 633 g/mol. The van der Waals surface area contributed by atoms with Crippen LogP contribution in [0.3, 0.4) is 0 Å². The van der Waals surface area contributed by atoms with Gasteiger partial charge in [0.1, 0.15) is 30.5 Å². The smallest absolute Gasteiger partial charge is 0.338 e. The van der Waals surface area contributed by atoms with Crippen molar-refractivity contribution in [2.75, 3.05) is 13.7 Å². The fourth-order valence-electron chi connectivity index (χ4n) is 4.44. The topological polar surface area (TPSA) is 100 Å². The highest BCUT2D eigenvalue weighted by atomic mass is 35.5. The fourth-order valence-corrected chi connectivity index (χ4v) is 4.71. The molecule has 0 saturated carbocycles. The number of rotatable bonds is 13. The molecule has 0 aromatic heterocycles. The number of carbonyl (C=O) groups is 3. The molecule has 2 atom stereocenters. The fraction of sp³-hybridized carbons (Fsp3) is 0.229. The third-order valence-corrected chi connectivity index (χ3v) is 7.16. The summed E-state index contributed by atoms with van der Waals surface area (Å²) in [5, 5.41) is 2.84. The summed E-state index contributed by atoms with van der Waals surface area (Å²) >= 11 is 6.51. The number of ether oxygens (including phenoxy) is 4. The maximum atomic E-state index is 14.8. The van der Waals surface area contributed by atoms with Gasteiger partial charge in [0.05, 0.1) is 29.3 Å². The van der Waals surface area contributed by atoms with E-state index in [4.69, 9.17) is 30.5 Å². The van der Waals surface area contributed by atoms with Crippen LogP contribution < -0.4 is 14.8 Å². The number of methoxy groups -OCH3 is 1. The van der Waals surface area contributed by atoms with E-state index in [0.29, 0.717) is 22.6 Å². The second-order valence-corrected chi connectivity index (χ2v) is 10.8. The third kappa shape index (κ3) is 9.06. The van der Waals surface area contributed by atoms with Gasteiger partial charge in [0, 0.05) is 5.56 Å². The summed E-state index contributed by atoms with van der Waals surface area (Å²) in [6.45, 7) is 2.96. The number of amides is 1. The molecule has 0 bridgehead atoms. The Kier molecular flexibility index (Phi) is 11.5. The van der Waals surface area contributed by atoms with Crippen LogP contribution in [0.15, 0.2) is 97.1 Å². The first-order chi connectivity index (χ1) is 21.7. The average molecular weight is 634 g/mol. The molecular weight excluding hydrogens is 601 g/mol. The van der Waals surface area contributed by atoms with Crippen LogP contribution >= 0.6 is 11.6 Å². The van der Waals surface area contributed by atoms with Crippen molar-refractivity contribution in [3.05, 3.63) is 130 Å². The van der Waals surface area contributed by atoms with Gasteiger partial charge in [-0.2, -0.15) is 0 Å².